The maximum Gasteiger partial charge on any atom is 0.174 e. The Morgan fingerprint density at radius 1 is 1.18 bits per heavy atom. The third kappa shape index (κ3) is 3.64. The van der Waals surface area contributed by atoms with Crippen molar-refractivity contribution in [3.8, 4) is 17.2 Å². The predicted octanol–water partition coefficient (Wildman–Crippen LogP) is 3.20. The van der Waals surface area contributed by atoms with E-state index < -0.39 is 5.60 Å². The van der Waals surface area contributed by atoms with Crippen molar-refractivity contribution in [1.82, 2.24) is 0 Å². The van der Waals surface area contributed by atoms with Crippen molar-refractivity contribution in [3.05, 3.63) is 47.5 Å². The van der Waals surface area contributed by atoms with Crippen molar-refractivity contribution in [1.29, 1.82) is 0 Å². The van der Waals surface area contributed by atoms with Gasteiger partial charge in [-0.2, -0.15) is 0 Å². The van der Waals surface area contributed by atoms with Crippen LogP contribution in [0.4, 0.5) is 5.69 Å². The fourth-order valence-corrected chi connectivity index (χ4v) is 3.95. The van der Waals surface area contributed by atoms with Gasteiger partial charge in [0.15, 0.2) is 5.78 Å². The van der Waals surface area contributed by atoms with E-state index in [1.165, 1.54) is 0 Å². The molecule has 6 nitrogen and oxygen atoms in total. The Balaban J connectivity index is 1.61. The van der Waals surface area contributed by atoms with Gasteiger partial charge >= 0.3 is 0 Å². The van der Waals surface area contributed by atoms with E-state index >= 15 is 0 Å². The van der Waals surface area contributed by atoms with Crippen LogP contribution in [-0.4, -0.2) is 49.9 Å². The molecule has 0 amide bonds. The number of aromatic hydroxyl groups is 1. The molecule has 0 saturated carbocycles. The second-order valence-electron chi connectivity index (χ2n) is 7.61. The fraction of sp³-hybridized carbons (Fsp3) is 0.409. The minimum absolute atomic E-state index is 0.0181. The summed E-state index contributed by atoms with van der Waals surface area (Å²) in [4.78, 5) is 14.9. The van der Waals surface area contributed by atoms with Crippen LogP contribution in [0.3, 0.4) is 0 Å². The average molecular weight is 383 g/mol. The highest BCUT2D eigenvalue weighted by Crippen LogP contribution is 2.42. The Morgan fingerprint density at radius 2 is 1.89 bits per heavy atom. The van der Waals surface area contributed by atoms with Crippen LogP contribution in [0.5, 0.6) is 17.2 Å². The summed E-state index contributed by atoms with van der Waals surface area (Å²) in [6.07, 6.45) is 0.807. The maximum atomic E-state index is 12.8. The van der Waals surface area contributed by atoms with Crippen molar-refractivity contribution in [2.75, 3.05) is 38.3 Å². The van der Waals surface area contributed by atoms with Gasteiger partial charge in [0, 0.05) is 37.3 Å². The summed E-state index contributed by atoms with van der Waals surface area (Å²) in [5.41, 5.74) is 1.52. The normalized spacial score (nSPS) is 21.8. The van der Waals surface area contributed by atoms with Gasteiger partial charge in [-0.3, -0.25) is 4.79 Å². The van der Waals surface area contributed by atoms with Gasteiger partial charge < -0.3 is 24.2 Å². The summed E-state index contributed by atoms with van der Waals surface area (Å²) in [5.74, 6) is 1.13. The number of Topliss-reactive ketones (excluding diaryl/α,β-unsaturated/α-hetero) is 1. The second kappa shape index (κ2) is 7.36. The fourth-order valence-electron chi connectivity index (χ4n) is 3.95. The Bertz CT molecular complexity index is 873. The van der Waals surface area contributed by atoms with Crippen LogP contribution in [0.15, 0.2) is 36.4 Å². The lowest BCUT2D eigenvalue weighted by molar-refractivity contribution is 0.0518. The first-order valence-electron chi connectivity index (χ1n) is 9.52. The van der Waals surface area contributed by atoms with Gasteiger partial charge in [0.25, 0.3) is 0 Å². The SMILES string of the molecule is COc1ccc(CC2(C)CC(=O)c3c(O)cc(N4CCOCC4)cc3O2)cc1. The van der Waals surface area contributed by atoms with Crippen molar-refractivity contribution in [2.24, 2.45) is 0 Å². The molecule has 148 valence electrons. The Kier molecular flexibility index (Phi) is 4.89. The lowest BCUT2D eigenvalue weighted by atomic mass is 9.86. The number of fused-ring (bicyclic) bond motifs is 1. The second-order valence-corrected chi connectivity index (χ2v) is 7.61. The van der Waals surface area contributed by atoms with Crippen molar-refractivity contribution in [2.45, 2.75) is 25.4 Å². The number of morpholine rings is 1. The van der Waals surface area contributed by atoms with Gasteiger partial charge in [0.1, 0.15) is 28.4 Å². The largest absolute Gasteiger partial charge is 0.507 e. The van der Waals surface area contributed by atoms with Crippen LogP contribution in [0.2, 0.25) is 0 Å². The first-order chi connectivity index (χ1) is 13.5. The highest BCUT2D eigenvalue weighted by atomic mass is 16.5. The van der Waals surface area contributed by atoms with E-state index in [0.29, 0.717) is 25.4 Å². The van der Waals surface area contributed by atoms with Crippen molar-refractivity contribution < 1.29 is 24.1 Å². The minimum Gasteiger partial charge on any atom is -0.507 e. The minimum atomic E-state index is -0.672. The van der Waals surface area contributed by atoms with Crippen molar-refractivity contribution in [3.63, 3.8) is 0 Å². The molecule has 2 aliphatic rings. The molecule has 1 N–H and O–H groups in total. The molecule has 0 aliphatic carbocycles. The third-order valence-electron chi connectivity index (χ3n) is 5.35. The van der Waals surface area contributed by atoms with Crippen LogP contribution in [-0.2, 0) is 11.2 Å². The highest BCUT2D eigenvalue weighted by Gasteiger charge is 2.38. The Labute approximate surface area is 164 Å². The smallest absolute Gasteiger partial charge is 0.174 e. The molecule has 2 aromatic rings. The molecule has 0 spiro atoms. The Morgan fingerprint density at radius 3 is 2.57 bits per heavy atom. The zero-order valence-electron chi connectivity index (χ0n) is 16.2. The number of methoxy groups -OCH3 is 1. The molecule has 0 radical (unpaired) electrons. The van der Waals surface area contributed by atoms with Crippen LogP contribution >= 0.6 is 0 Å². The molecule has 28 heavy (non-hydrogen) atoms. The number of benzene rings is 2. The number of nitrogens with zero attached hydrogens (tertiary/aromatic N) is 1. The topological polar surface area (TPSA) is 68.2 Å². The lowest BCUT2D eigenvalue weighted by Crippen LogP contribution is -2.41. The van der Waals surface area contributed by atoms with E-state index in [0.717, 1.165) is 30.1 Å². The molecule has 4 rings (SSSR count). The summed E-state index contributed by atoms with van der Waals surface area (Å²) in [6.45, 7) is 4.72. The number of ether oxygens (including phenoxy) is 3. The van der Waals surface area contributed by atoms with Crippen LogP contribution in [0, 0.1) is 0 Å². The predicted molar refractivity (Wildman–Crippen MR) is 106 cm³/mol. The van der Waals surface area contributed by atoms with E-state index in [9.17, 15) is 9.90 Å². The van der Waals surface area contributed by atoms with Crippen LogP contribution in [0.25, 0.3) is 0 Å². The molecule has 1 fully saturated rings. The van der Waals surface area contributed by atoms with Gasteiger partial charge in [0.05, 0.1) is 26.7 Å². The number of phenols is 1. The van der Waals surface area contributed by atoms with E-state index in [2.05, 4.69) is 4.90 Å². The number of hydrogen-bond acceptors (Lipinski definition) is 6. The maximum absolute atomic E-state index is 12.8. The number of phenolic OH excluding ortho intramolecular Hbond substituents is 1. The van der Waals surface area contributed by atoms with Gasteiger partial charge in [-0.1, -0.05) is 12.1 Å². The molecule has 0 bridgehead atoms. The average Bonchev–Trinajstić information content (AvgIpc) is 2.68. The summed E-state index contributed by atoms with van der Waals surface area (Å²) in [6, 6.07) is 11.3. The van der Waals surface area contributed by atoms with Crippen LogP contribution in [0.1, 0.15) is 29.3 Å². The number of rotatable bonds is 4. The van der Waals surface area contributed by atoms with E-state index in [4.69, 9.17) is 14.2 Å². The van der Waals surface area contributed by atoms with E-state index in [-0.39, 0.29) is 23.5 Å². The third-order valence-corrected chi connectivity index (χ3v) is 5.35. The molecule has 2 heterocycles. The van der Waals surface area contributed by atoms with E-state index in [1.807, 2.05) is 37.3 Å². The van der Waals surface area contributed by atoms with Crippen LogP contribution < -0.4 is 14.4 Å². The quantitative estimate of drug-likeness (QED) is 0.875. The van der Waals surface area contributed by atoms with Gasteiger partial charge in [0.2, 0.25) is 0 Å². The number of anilines is 1. The summed E-state index contributed by atoms with van der Waals surface area (Å²) < 4.78 is 16.9. The molecule has 0 aromatic heterocycles. The number of hydrogen-bond donors (Lipinski definition) is 1. The molecule has 6 heteroatoms. The number of ketones is 1. The summed E-state index contributed by atoms with van der Waals surface area (Å²) >= 11 is 0. The zero-order valence-corrected chi connectivity index (χ0v) is 16.2. The monoisotopic (exact) mass is 383 g/mol. The molecule has 1 unspecified atom stereocenters. The first-order valence-corrected chi connectivity index (χ1v) is 9.52. The highest BCUT2D eigenvalue weighted by molar-refractivity contribution is 6.03. The number of carbonyl (C=O) groups excluding carboxylic acids is 1. The molecule has 1 atom stereocenters. The van der Waals surface area contributed by atoms with E-state index in [1.54, 1.807) is 13.2 Å². The molecular weight excluding hydrogens is 358 g/mol. The Hall–Kier alpha value is -2.73. The summed E-state index contributed by atoms with van der Waals surface area (Å²) in [5, 5.41) is 10.5. The van der Waals surface area contributed by atoms with Crippen molar-refractivity contribution >= 4 is 11.5 Å². The van der Waals surface area contributed by atoms with Gasteiger partial charge in [-0.05, 0) is 24.6 Å². The van der Waals surface area contributed by atoms with Gasteiger partial charge in [-0.15, -0.1) is 0 Å². The standard InChI is InChI=1S/C22H25NO5/c1-22(13-15-3-5-17(26-2)6-4-15)14-19(25)21-18(24)11-16(12-20(21)28-22)23-7-9-27-10-8-23/h3-6,11-12,24H,7-10,13-14H2,1-2H3. The summed E-state index contributed by atoms with van der Waals surface area (Å²) in [7, 11) is 1.63. The lowest BCUT2D eigenvalue weighted by Gasteiger charge is -2.36. The zero-order chi connectivity index (χ0) is 19.7. The molecule has 2 aliphatic heterocycles. The molecule has 2 aromatic carbocycles. The van der Waals surface area contributed by atoms with Gasteiger partial charge in [-0.25, -0.2) is 0 Å². The number of carbonyl (C=O) groups is 1. The first kappa shape index (κ1) is 18.6. The molecular formula is C22H25NO5. The molecule has 1 saturated heterocycles.